The Morgan fingerprint density at radius 3 is 2.85 bits per heavy atom. The van der Waals surface area contributed by atoms with E-state index in [2.05, 4.69) is 16.4 Å². The zero-order valence-electron chi connectivity index (χ0n) is 7.71. The Bertz CT molecular complexity index is 246. The summed E-state index contributed by atoms with van der Waals surface area (Å²) >= 11 is 0. The van der Waals surface area contributed by atoms with Crippen LogP contribution < -0.4 is 5.32 Å². The third-order valence-corrected chi connectivity index (χ3v) is 2.94. The van der Waals surface area contributed by atoms with Crippen molar-refractivity contribution in [1.82, 2.24) is 10.3 Å². The van der Waals surface area contributed by atoms with Gasteiger partial charge in [-0.2, -0.15) is 0 Å². The fourth-order valence-corrected chi connectivity index (χ4v) is 1.75. The molecule has 1 heterocycles. The molecule has 3 nitrogen and oxygen atoms in total. The van der Waals surface area contributed by atoms with E-state index >= 15 is 0 Å². The molecule has 0 radical (unpaired) electrons. The van der Waals surface area contributed by atoms with Crippen LogP contribution in [0.5, 0.6) is 0 Å². The highest BCUT2D eigenvalue weighted by atomic mass is 16.3. The maximum absolute atomic E-state index is 9.19. The quantitative estimate of drug-likeness (QED) is 0.648. The summed E-state index contributed by atoms with van der Waals surface area (Å²) in [5.41, 5.74) is 1.27. The highest BCUT2D eigenvalue weighted by molar-refractivity contribution is 5.09. The topological polar surface area (TPSA) is 48.0 Å². The van der Waals surface area contributed by atoms with E-state index in [-0.39, 0.29) is 12.1 Å². The van der Waals surface area contributed by atoms with Crippen molar-refractivity contribution in [2.45, 2.75) is 31.3 Å². The van der Waals surface area contributed by atoms with Crippen LogP contribution >= 0.6 is 0 Å². The van der Waals surface area contributed by atoms with Gasteiger partial charge >= 0.3 is 0 Å². The second-order valence-electron chi connectivity index (χ2n) is 3.86. The van der Waals surface area contributed by atoms with Crippen molar-refractivity contribution < 1.29 is 5.11 Å². The Labute approximate surface area is 78.2 Å². The van der Waals surface area contributed by atoms with Gasteiger partial charge in [-0.25, -0.2) is 0 Å². The monoisotopic (exact) mass is 180 g/mol. The minimum absolute atomic E-state index is 0.0251. The first-order valence-corrected chi connectivity index (χ1v) is 4.82. The Hall–Kier alpha value is -0.800. The lowest BCUT2D eigenvalue weighted by Crippen LogP contribution is -2.53. The van der Waals surface area contributed by atoms with E-state index in [0.29, 0.717) is 0 Å². The van der Waals surface area contributed by atoms with Crippen molar-refractivity contribution >= 4 is 0 Å². The van der Waals surface area contributed by atoms with Crippen LogP contribution in [0.1, 0.15) is 24.8 Å². The molecule has 2 rings (SSSR count). The maximum Gasteiger partial charge on any atom is 0.0613 e. The lowest BCUT2D eigenvalue weighted by molar-refractivity contribution is 0.0872. The van der Waals surface area contributed by atoms with Crippen molar-refractivity contribution in [3.8, 4) is 0 Å². The van der Waals surface area contributed by atoms with E-state index in [1.165, 1.54) is 12.0 Å². The number of aliphatic hydroxyl groups excluding tert-OH is 1. The molecule has 1 fully saturated rings. The number of H-pyrrole nitrogens is 1. The Morgan fingerprint density at radius 1 is 1.54 bits per heavy atom. The Morgan fingerprint density at radius 2 is 2.38 bits per heavy atom. The highest BCUT2D eigenvalue weighted by Gasteiger charge is 2.35. The molecule has 72 valence electrons. The van der Waals surface area contributed by atoms with Gasteiger partial charge < -0.3 is 15.4 Å². The molecule has 13 heavy (non-hydrogen) atoms. The lowest BCUT2D eigenvalue weighted by Gasteiger charge is -2.41. The normalized spacial score (nSPS) is 19.8. The van der Waals surface area contributed by atoms with E-state index in [9.17, 15) is 5.11 Å². The molecular weight excluding hydrogens is 164 g/mol. The number of hydrogen-bond acceptors (Lipinski definition) is 2. The number of rotatable bonds is 4. The summed E-state index contributed by atoms with van der Waals surface area (Å²) in [6.45, 7) is 1.11. The van der Waals surface area contributed by atoms with Crippen LogP contribution in [0.3, 0.4) is 0 Å². The molecular formula is C10H16N2O. The average molecular weight is 180 g/mol. The summed E-state index contributed by atoms with van der Waals surface area (Å²) in [5.74, 6) is 0. The van der Waals surface area contributed by atoms with Crippen molar-refractivity contribution in [2.24, 2.45) is 0 Å². The molecule has 1 aromatic rings. The predicted octanol–water partition coefficient (Wildman–Crippen LogP) is 1.02. The second kappa shape index (κ2) is 3.52. The molecule has 3 heteroatoms. The zero-order valence-corrected chi connectivity index (χ0v) is 7.71. The van der Waals surface area contributed by atoms with Crippen LogP contribution in [0.15, 0.2) is 18.5 Å². The molecule has 1 aliphatic rings. The van der Waals surface area contributed by atoms with E-state index in [0.717, 1.165) is 19.4 Å². The largest absolute Gasteiger partial charge is 0.394 e. The standard InChI is InChI=1S/C10H16N2O/c13-8-10(3-1-4-10)12-7-9-2-5-11-6-9/h2,5-6,11-13H,1,3-4,7-8H2. The Kier molecular flexibility index (Phi) is 2.38. The molecule has 0 unspecified atom stereocenters. The van der Waals surface area contributed by atoms with Gasteiger partial charge in [-0.15, -0.1) is 0 Å². The molecule has 0 amide bonds. The smallest absolute Gasteiger partial charge is 0.0613 e. The van der Waals surface area contributed by atoms with Crippen LogP contribution in [-0.2, 0) is 6.54 Å². The number of nitrogens with one attached hydrogen (secondary N) is 2. The van der Waals surface area contributed by atoms with Gasteiger partial charge in [0.2, 0.25) is 0 Å². The minimum atomic E-state index is 0.0251. The van der Waals surface area contributed by atoms with Gasteiger partial charge in [-0.3, -0.25) is 0 Å². The summed E-state index contributed by atoms with van der Waals surface area (Å²) in [7, 11) is 0. The predicted molar refractivity (Wildman–Crippen MR) is 51.3 cm³/mol. The van der Waals surface area contributed by atoms with Crippen LogP contribution in [0, 0.1) is 0 Å². The van der Waals surface area contributed by atoms with Gasteiger partial charge in [0.25, 0.3) is 0 Å². The molecule has 3 N–H and O–H groups in total. The zero-order chi connectivity index (χ0) is 9.15. The van der Waals surface area contributed by atoms with Gasteiger partial charge in [0.05, 0.1) is 6.61 Å². The van der Waals surface area contributed by atoms with E-state index in [1.807, 2.05) is 12.4 Å². The summed E-state index contributed by atoms with van der Waals surface area (Å²) in [6, 6.07) is 2.05. The second-order valence-corrected chi connectivity index (χ2v) is 3.86. The van der Waals surface area contributed by atoms with Gasteiger partial charge in [0.15, 0.2) is 0 Å². The third kappa shape index (κ3) is 1.76. The van der Waals surface area contributed by atoms with E-state index in [1.54, 1.807) is 0 Å². The molecule has 0 aromatic carbocycles. The van der Waals surface area contributed by atoms with Crippen LogP contribution in [0.25, 0.3) is 0 Å². The first kappa shape index (κ1) is 8.78. The lowest BCUT2D eigenvalue weighted by atomic mass is 9.77. The van der Waals surface area contributed by atoms with Gasteiger partial charge in [-0.1, -0.05) is 0 Å². The first-order chi connectivity index (χ1) is 6.35. The number of hydrogen-bond donors (Lipinski definition) is 3. The van der Waals surface area contributed by atoms with Crippen molar-refractivity contribution in [3.05, 3.63) is 24.0 Å². The Balaban J connectivity index is 1.84. The molecule has 0 bridgehead atoms. The highest BCUT2D eigenvalue weighted by Crippen LogP contribution is 2.31. The van der Waals surface area contributed by atoms with Crippen LogP contribution in [0.4, 0.5) is 0 Å². The SMILES string of the molecule is OCC1(NCc2cc[nH]c2)CCC1. The summed E-state index contributed by atoms with van der Waals surface area (Å²) < 4.78 is 0. The summed E-state index contributed by atoms with van der Waals surface area (Å²) in [6.07, 6.45) is 7.35. The van der Waals surface area contributed by atoms with Gasteiger partial charge in [-0.05, 0) is 30.9 Å². The first-order valence-electron chi connectivity index (χ1n) is 4.82. The van der Waals surface area contributed by atoms with E-state index < -0.39 is 0 Å². The maximum atomic E-state index is 9.19. The molecule has 0 saturated heterocycles. The summed E-state index contributed by atoms with van der Waals surface area (Å²) in [5, 5.41) is 12.6. The molecule has 0 spiro atoms. The number of aromatic amines is 1. The average Bonchev–Trinajstić information content (AvgIpc) is 2.56. The molecule has 0 atom stereocenters. The van der Waals surface area contributed by atoms with Crippen molar-refractivity contribution in [2.75, 3.05) is 6.61 Å². The fourth-order valence-electron chi connectivity index (χ4n) is 1.75. The van der Waals surface area contributed by atoms with Gasteiger partial charge in [0, 0.05) is 24.5 Å². The van der Waals surface area contributed by atoms with Gasteiger partial charge in [0.1, 0.15) is 0 Å². The molecule has 0 aliphatic heterocycles. The number of aliphatic hydroxyl groups is 1. The van der Waals surface area contributed by atoms with Crippen LogP contribution in [0.2, 0.25) is 0 Å². The van der Waals surface area contributed by atoms with E-state index in [4.69, 9.17) is 0 Å². The molecule has 1 aliphatic carbocycles. The molecule has 1 saturated carbocycles. The molecule has 1 aromatic heterocycles. The minimum Gasteiger partial charge on any atom is -0.394 e. The van der Waals surface area contributed by atoms with Crippen molar-refractivity contribution in [3.63, 3.8) is 0 Å². The third-order valence-electron chi connectivity index (χ3n) is 2.94. The fraction of sp³-hybridized carbons (Fsp3) is 0.600. The van der Waals surface area contributed by atoms with Crippen LogP contribution in [-0.4, -0.2) is 22.2 Å². The van der Waals surface area contributed by atoms with Crippen molar-refractivity contribution in [1.29, 1.82) is 0 Å². The summed E-state index contributed by atoms with van der Waals surface area (Å²) in [4.78, 5) is 3.02. The number of aromatic nitrogens is 1.